The van der Waals surface area contributed by atoms with Crippen LogP contribution >= 0.6 is 11.6 Å². The van der Waals surface area contributed by atoms with E-state index in [-0.39, 0.29) is 0 Å². The second kappa shape index (κ2) is 4.27. The molecule has 0 amide bonds. The van der Waals surface area contributed by atoms with E-state index in [0.29, 0.717) is 5.17 Å². The molecule has 2 nitrogen and oxygen atoms in total. The van der Waals surface area contributed by atoms with Gasteiger partial charge in [-0.25, -0.2) is 4.99 Å². The SMILES string of the molecule is C=N/C=C(\C)N=C(C)Cl. The third kappa shape index (κ3) is 5.24. The van der Waals surface area contributed by atoms with Crippen molar-refractivity contribution >= 4 is 23.5 Å². The minimum Gasteiger partial charge on any atom is -0.271 e. The molecule has 3 heteroatoms. The molecule has 0 radical (unpaired) electrons. The van der Waals surface area contributed by atoms with Crippen LogP contribution in [0.1, 0.15) is 13.8 Å². The molecule has 0 bridgehead atoms. The Kier molecular flexibility index (Phi) is 3.97. The quantitative estimate of drug-likeness (QED) is 0.531. The molecule has 9 heavy (non-hydrogen) atoms. The van der Waals surface area contributed by atoms with Gasteiger partial charge < -0.3 is 0 Å². The van der Waals surface area contributed by atoms with Crippen molar-refractivity contribution < 1.29 is 0 Å². The molecule has 0 rings (SSSR count). The summed E-state index contributed by atoms with van der Waals surface area (Å²) in [5.74, 6) is 0. The van der Waals surface area contributed by atoms with Crippen LogP contribution in [-0.4, -0.2) is 11.9 Å². The number of hydrogen-bond acceptors (Lipinski definition) is 2. The summed E-state index contributed by atoms with van der Waals surface area (Å²) in [7, 11) is 0. The van der Waals surface area contributed by atoms with Crippen LogP contribution < -0.4 is 0 Å². The molecule has 0 aromatic carbocycles. The van der Waals surface area contributed by atoms with Crippen molar-refractivity contribution in [3.8, 4) is 0 Å². The third-order valence-electron chi connectivity index (χ3n) is 0.609. The summed E-state index contributed by atoms with van der Waals surface area (Å²) in [6.45, 7) is 6.79. The van der Waals surface area contributed by atoms with Crippen molar-refractivity contribution in [1.82, 2.24) is 0 Å². The summed E-state index contributed by atoms with van der Waals surface area (Å²) in [5, 5.41) is 0.507. The van der Waals surface area contributed by atoms with Gasteiger partial charge in [0.25, 0.3) is 0 Å². The first-order valence-electron chi connectivity index (χ1n) is 2.50. The fourth-order valence-electron chi connectivity index (χ4n) is 0.404. The second-order valence-corrected chi connectivity index (χ2v) is 2.11. The lowest BCUT2D eigenvalue weighted by molar-refractivity contribution is 1.27. The number of allylic oxidation sites excluding steroid dienone is 1. The zero-order chi connectivity index (χ0) is 7.28. The van der Waals surface area contributed by atoms with Crippen LogP contribution in [0.25, 0.3) is 0 Å². The number of nitrogens with zero attached hydrogens (tertiary/aromatic N) is 2. The zero-order valence-electron chi connectivity index (χ0n) is 5.56. The maximum atomic E-state index is 5.46. The molecule has 0 fully saturated rings. The zero-order valence-corrected chi connectivity index (χ0v) is 6.31. The van der Waals surface area contributed by atoms with E-state index in [1.54, 1.807) is 20.0 Å². The van der Waals surface area contributed by atoms with E-state index in [9.17, 15) is 0 Å². The van der Waals surface area contributed by atoms with E-state index in [1.165, 1.54) is 0 Å². The van der Waals surface area contributed by atoms with E-state index in [1.807, 2.05) is 0 Å². The van der Waals surface area contributed by atoms with E-state index in [2.05, 4.69) is 16.7 Å². The van der Waals surface area contributed by atoms with Gasteiger partial charge in [-0.1, -0.05) is 11.6 Å². The van der Waals surface area contributed by atoms with Crippen LogP contribution in [-0.2, 0) is 0 Å². The van der Waals surface area contributed by atoms with Crippen molar-refractivity contribution in [3.05, 3.63) is 11.9 Å². The predicted molar refractivity (Wildman–Crippen MR) is 42.3 cm³/mol. The standard InChI is InChI=1S/C6H9ClN2/c1-5(4-8-3)9-6(2)7/h4H,3H2,1-2H3/b5-4+,9-6?. The molecular formula is C6H9ClN2. The molecule has 50 valence electrons. The summed E-state index contributed by atoms with van der Waals surface area (Å²) in [6, 6.07) is 0. The van der Waals surface area contributed by atoms with E-state index in [4.69, 9.17) is 11.6 Å². The van der Waals surface area contributed by atoms with Gasteiger partial charge in [-0.15, -0.1) is 0 Å². The number of hydrogen-bond donors (Lipinski definition) is 0. The maximum Gasteiger partial charge on any atom is 0.103 e. The van der Waals surface area contributed by atoms with Crippen molar-refractivity contribution in [2.24, 2.45) is 9.98 Å². The molecule has 0 aromatic rings. The van der Waals surface area contributed by atoms with Gasteiger partial charge in [0, 0.05) is 6.20 Å². The van der Waals surface area contributed by atoms with Gasteiger partial charge in [-0.3, -0.25) is 4.99 Å². The highest BCUT2D eigenvalue weighted by Crippen LogP contribution is 1.96. The number of halogens is 1. The number of rotatable bonds is 2. The van der Waals surface area contributed by atoms with Gasteiger partial charge in [0.2, 0.25) is 0 Å². The third-order valence-corrected chi connectivity index (χ3v) is 0.693. The molecule has 0 saturated heterocycles. The molecule has 0 aromatic heterocycles. The van der Waals surface area contributed by atoms with Gasteiger partial charge in [0.1, 0.15) is 5.17 Å². The Balaban J connectivity index is 4.05. The summed E-state index contributed by atoms with van der Waals surface area (Å²) >= 11 is 5.46. The van der Waals surface area contributed by atoms with Crippen LogP contribution in [0.15, 0.2) is 21.9 Å². The average Bonchev–Trinajstić information content (AvgIpc) is 1.63. The molecule has 0 atom stereocenters. The molecule has 0 aliphatic rings. The van der Waals surface area contributed by atoms with Gasteiger partial charge >= 0.3 is 0 Å². The van der Waals surface area contributed by atoms with Gasteiger partial charge in [-0.2, -0.15) is 0 Å². The van der Waals surface area contributed by atoms with E-state index < -0.39 is 0 Å². The van der Waals surface area contributed by atoms with Crippen LogP contribution in [0.4, 0.5) is 0 Å². The van der Waals surface area contributed by atoms with Crippen molar-refractivity contribution in [2.75, 3.05) is 0 Å². The van der Waals surface area contributed by atoms with Gasteiger partial charge in [0.05, 0.1) is 5.70 Å². The molecule has 0 spiro atoms. The normalized spacial score (nSPS) is 13.7. The Bertz CT molecular complexity index is 154. The average molecular weight is 145 g/mol. The molecule has 0 aliphatic heterocycles. The highest BCUT2D eigenvalue weighted by molar-refractivity contribution is 6.64. The molecule has 0 saturated carbocycles. The van der Waals surface area contributed by atoms with Crippen LogP contribution in [0.2, 0.25) is 0 Å². The molecule has 0 N–H and O–H groups in total. The summed E-state index contributed by atoms with van der Waals surface area (Å²) in [4.78, 5) is 7.39. The second-order valence-electron chi connectivity index (χ2n) is 1.56. The predicted octanol–water partition coefficient (Wildman–Crippen LogP) is 2.21. The van der Waals surface area contributed by atoms with E-state index >= 15 is 0 Å². The summed E-state index contributed by atoms with van der Waals surface area (Å²) in [6.07, 6.45) is 1.55. The molecule has 0 heterocycles. The van der Waals surface area contributed by atoms with Gasteiger partial charge in [-0.05, 0) is 20.6 Å². The number of aliphatic imine (C=N–C) groups is 2. The Morgan fingerprint density at radius 3 is 2.44 bits per heavy atom. The first-order chi connectivity index (χ1) is 4.16. The molecule has 0 aliphatic carbocycles. The topological polar surface area (TPSA) is 24.7 Å². The van der Waals surface area contributed by atoms with Crippen molar-refractivity contribution in [3.63, 3.8) is 0 Å². The maximum absolute atomic E-state index is 5.46. The molecular weight excluding hydrogens is 136 g/mol. The van der Waals surface area contributed by atoms with Crippen LogP contribution in [0.3, 0.4) is 0 Å². The fraction of sp³-hybridized carbons (Fsp3) is 0.333. The van der Waals surface area contributed by atoms with Crippen LogP contribution in [0, 0.1) is 0 Å². The summed E-state index contributed by atoms with van der Waals surface area (Å²) in [5.41, 5.74) is 0.762. The van der Waals surface area contributed by atoms with Crippen molar-refractivity contribution in [2.45, 2.75) is 13.8 Å². The minimum atomic E-state index is 0.507. The highest BCUT2D eigenvalue weighted by Gasteiger charge is 1.82. The van der Waals surface area contributed by atoms with E-state index in [0.717, 1.165) is 5.70 Å². The Labute approximate surface area is 60.0 Å². The van der Waals surface area contributed by atoms with Crippen molar-refractivity contribution in [1.29, 1.82) is 0 Å². The summed E-state index contributed by atoms with van der Waals surface area (Å²) < 4.78 is 0. The first-order valence-corrected chi connectivity index (χ1v) is 2.88. The first kappa shape index (κ1) is 8.37. The van der Waals surface area contributed by atoms with Crippen LogP contribution in [0.5, 0.6) is 0 Å². The lowest BCUT2D eigenvalue weighted by Gasteiger charge is -1.87. The largest absolute Gasteiger partial charge is 0.271 e. The highest BCUT2D eigenvalue weighted by atomic mass is 35.5. The lowest BCUT2D eigenvalue weighted by Crippen LogP contribution is -1.75. The smallest absolute Gasteiger partial charge is 0.103 e. The fourth-order valence-corrected chi connectivity index (χ4v) is 0.537. The lowest BCUT2D eigenvalue weighted by atomic mass is 10.5. The Morgan fingerprint density at radius 2 is 2.11 bits per heavy atom. The minimum absolute atomic E-state index is 0.507. The molecule has 0 unspecified atom stereocenters. The Hall–Kier alpha value is -0.630. The monoisotopic (exact) mass is 144 g/mol. The van der Waals surface area contributed by atoms with Gasteiger partial charge in [0.15, 0.2) is 0 Å². The Morgan fingerprint density at radius 1 is 1.56 bits per heavy atom.